The summed E-state index contributed by atoms with van der Waals surface area (Å²) in [4.78, 5) is 13.8. The molecule has 0 amide bonds. The third-order valence-corrected chi connectivity index (χ3v) is 5.86. The van der Waals surface area contributed by atoms with Crippen LogP contribution in [0.25, 0.3) is 0 Å². The first kappa shape index (κ1) is 19.7. The third kappa shape index (κ3) is 6.66. The number of benzene rings is 1. The van der Waals surface area contributed by atoms with Crippen molar-refractivity contribution in [2.75, 3.05) is 0 Å². The Morgan fingerprint density at radius 2 is 1.76 bits per heavy atom. The third-order valence-electron chi connectivity index (χ3n) is 4.71. The van der Waals surface area contributed by atoms with Crippen molar-refractivity contribution >= 4 is 17.3 Å². The number of aryl methyl sites for hydroxylation is 5. The molecule has 0 aliphatic heterocycles. The van der Waals surface area contributed by atoms with Gasteiger partial charge in [0, 0.05) is 9.75 Å². The minimum Gasteiger partial charge on any atom is -0.481 e. The molecule has 0 unspecified atom stereocenters. The van der Waals surface area contributed by atoms with E-state index in [0.29, 0.717) is 0 Å². The summed E-state index contributed by atoms with van der Waals surface area (Å²) < 4.78 is 0. The fourth-order valence-electron chi connectivity index (χ4n) is 3.23. The van der Waals surface area contributed by atoms with Crippen molar-refractivity contribution in [1.82, 2.24) is 0 Å². The van der Waals surface area contributed by atoms with Gasteiger partial charge in [-0.15, -0.1) is 11.3 Å². The van der Waals surface area contributed by atoms with Gasteiger partial charge in [-0.3, -0.25) is 4.79 Å². The van der Waals surface area contributed by atoms with Crippen molar-refractivity contribution in [3.05, 3.63) is 56.8 Å². The summed E-state index contributed by atoms with van der Waals surface area (Å²) in [5.41, 5.74) is 4.02. The van der Waals surface area contributed by atoms with Crippen molar-refractivity contribution in [2.45, 2.75) is 66.2 Å². The quantitative estimate of drug-likeness (QED) is 0.599. The number of hydrogen-bond acceptors (Lipinski definition) is 2. The van der Waals surface area contributed by atoms with E-state index in [1.165, 1.54) is 26.4 Å². The molecule has 25 heavy (non-hydrogen) atoms. The van der Waals surface area contributed by atoms with E-state index in [1.54, 1.807) is 0 Å². The molecule has 1 N–H and O–H groups in total. The first-order valence-corrected chi connectivity index (χ1v) is 9.92. The second-order valence-corrected chi connectivity index (χ2v) is 9.22. The summed E-state index contributed by atoms with van der Waals surface area (Å²) in [7, 11) is 0. The normalized spacial score (nSPS) is 11.7. The van der Waals surface area contributed by atoms with Gasteiger partial charge in [0.2, 0.25) is 0 Å². The Bertz CT molecular complexity index is 695. The number of thiophene rings is 1. The largest absolute Gasteiger partial charge is 0.481 e. The lowest BCUT2D eigenvalue weighted by molar-refractivity contribution is -0.139. The van der Waals surface area contributed by atoms with E-state index >= 15 is 0 Å². The molecule has 1 aromatic heterocycles. The minimum absolute atomic E-state index is 0.150. The number of aliphatic carboxylic acids is 1. The number of carboxylic acid groups (broad SMARTS) is 1. The van der Waals surface area contributed by atoms with Gasteiger partial charge in [-0.25, -0.2) is 0 Å². The number of hydrogen-bond donors (Lipinski definition) is 1. The first-order valence-electron chi connectivity index (χ1n) is 9.11. The SMILES string of the molecule is Cc1ccc(CCCc2cc(C)sc2CCC(C)(C)CC(=O)O)cc1. The molecular formula is C22H30O2S. The summed E-state index contributed by atoms with van der Waals surface area (Å²) in [6, 6.07) is 11.1. The highest BCUT2D eigenvalue weighted by Gasteiger charge is 2.22. The molecule has 0 aliphatic rings. The van der Waals surface area contributed by atoms with Crippen LogP contribution in [0, 0.1) is 19.3 Å². The highest BCUT2D eigenvalue weighted by atomic mass is 32.1. The first-order chi connectivity index (χ1) is 11.7. The molecule has 0 spiro atoms. The van der Waals surface area contributed by atoms with Gasteiger partial charge in [0.05, 0.1) is 6.42 Å². The molecule has 0 fully saturated rings. The topological polar surface area (TPSA) is 37.3 Å². The molecule has 0 atom stereocenters. The zero-order valence-corrected chi connectivity index (χ0v) is 16.7. The van der Waals surface area contributed by atoms with Gasteiger partial charge in [-0.2, -0.15) is 0 Å². The van der Waals surface area contributed by atoms with E-state index < -0.39 is 5.97 Å². The second-order valence-electron chi connectivity index (χ2n) is 7.88. The zero-order valence-electron chi connectivity index (χ0n) is 15.9. The second kappa shape index (κ2) is 8.66. The Kier molecular flexibility index (Phi) is 6.83. The summed E-state index contributed by atoms with van der Waals surface area (Å²) in [5.74, 6) is -0.703. The van der Waals surface area contributed by atoms with Crippen LogP contribution in [0.5, 0.6) is 0 Å². The molecule has 2 aromatic rings. The molecule has 0 bridgehead atoms. The van der Waals surface area contributed by atoms with Crippen LogP contribution >= 0.6 is 11.3 Å². The van der Waals surface area contributed by atoms with Crippen molar-refractivity contribution in [1.29, 1.82) is 0 Å². The summed E-state index contributed by atoms with van der Waals surface area (Å²) in [6.07, 6.45) is 5.51. The fourth-order valence-corrected chi connectivity index (χ4v) is 4.31. The lowest BCUT2D eigenvalue weighted by atomic mass is 9.84. The average Bonchev–Trinajstić information content (AvgIpc) is 2.86. The Morgan fingerprint density at radius 3 is 2.40 bits per heavy atom. The van der Waals surface area contributed by atoms with Gasteiger partial charge in [-0.1, -0.05) is 43.7 Å². The average molecular weight is 359 g/mol. The van der Waals surface area contributed by atoms with Crippen LogP contribution in [0.3, 0.4) is 0 Å². The molecule has 2 nitrogen and oxygen atoms in total. The van der Waals surface area contributed by atoms with E-state index in [0.717, 1.165) is 32.1 Å². The van der Waals surface area contributed by atoms with E-state index in [4.69, 9.17) is 5.11 Å². The van der Waals surface area contributed by atoms with Crippen LogP contribution in [0.4, 0.5) is 0 Å². The van der Waals surface area contributed by atoms with Crippen LogP contribution in [-0.4, -0.2) is 11.1 Å². The Balaban J connectivity index is 1.91. The smallest absolute Gasteiger partial charge is 0.303 e. The van der Waals surface area contributed by atoms with Crippen molar-refractivity contribution in [2.24, 2.45) is 5.41 Å². The maximum absolute atomic E-state index is 11.0. The van der Waals surface area contributed by atoms with Crippen LogP contribution in [0.15, 0.2) is 30.3 Å². The predicted octanol–water partition coefficient (Wildman–Crippen LogP) is 5.97. The Labute approximate surface area is 155 Å². The van der Waals surface area contributed by atoms with Gasteiger partial charge >= 0.3 is 5.97 Å². The highest BCUT2D eigenvalue weighted by molar-refractivity contribution is 7.12. The molecule has 3 heteroatoms. The standard InChI is InChI=1S/C22H30O2S/c1-16-8-10-18(11-9-16)6-5-7-19-14-17(2)25-20(19)12-13-22(3,4)15-21(23)24/h8-11,14H,5-7,12-13,15H2,1-4H3,(H,23,24). The molecule has 2 rings (SSSR count). The highest BCUT2D eigenvalue weighted by Crippen LogP contribution is 2.31. The van der Waals surface area contributed by atoms with Crippen LogP contribution in [0.1, 0.15) is 59.6 Å². The van der Waals surface area contributed by atoms with Crippen LogP contribution < -0.4 is 0 Å². The maximum Gasteiger partial charge on any atom is 0.303 e. The van der Waals surface area contributed by atoms with Crippen LogP contribution in [-0.2, 0) is 24.1 Å². The lowest BCUT2D eigenvalue weighted by Gasteiger charge is -2.22. The molecule has 0 radical (unpaired) electrons. The summed E-state index contributed by atoms with van der Waals surface area (Å²) in [5, 5.41) is 9.05. The molecule has 136 valence electrons. The van der Waals surface area contributed by atoms with E-state index in [2.05, 4.69) is 58.0 Å². The molecular weight excluding hydrogens is 328 g/mol. The molecule has 1 aromatic carbocycles. The van der Waals surface area contributed by atoms with Crippen LogP contribution in [0.2, 0.25) is 0 Å². The molecule has 0 saturated carbocycles. The van der Waals surface area contributed by atoms with E-state index in [9.17, 15) is 4.79 Å². The summed E-state index contributed by atoms with van der Waals surface area (Å²) >= 11 is 1.87. The van der Waals surface area contributed by atoms with Gasteiger partial charge in [0.25, 0.3) is 0 Å². The number of carboxylic acids is 1. The fraction of sp³-hybridized carbons (Fsp3) is 0.500. The van der Waals surface area contributed by atoms with Crippen molar-refractivity contribution in [3.8, 4) is 0 Å². The molecule has 0 saturated heterocycles. The summed E-state index contributed by atoms with van der Waals surface area (Å²) in [6.45, 7) is 8.40. The Hall–Kier alpha value is -1.61. The predicted molar refractivity (Wildman–Crippen MR) is 107 cm³/mol. The van der Waals surface area contributed by atoms with Crippen molar-refractivity contribution < 1.29 is 9.90 Å². The monoisotopic (exact) mass is 358 g/mol. The minimum atomic E-state index is -0.703. The van der Waals surface area contributed by atoms with Gasteiger partial charge < -0.3 is 5.11 Å². The van der Waals surface area contributed by atoms with Gasteiger partial charge in [-0.05, 0) is 68.6 Å². The van der Waals surface area contributed by atoms with Gasteiger partial charge in [0.1, 0.15) is 0 Å². The van der Waals surface area contributed by atoms with Gasteiger partial charge in [0.15, 0.2) is 0 Å². The zero-order chi connectivity index (χ0) is 18.4. The number of carbonyl (C=O) groups is 1. The molecule has 0 aliphatic carbocycles. The maximum atomic E-state index is 11.0. The van der Waals surface area contributed by atoms with Crippen molar-refractivity contribution in [3.63, 3.8) is 0 Å². The lowest BCUT2D eigenvalue weighted by Crippen LogP contribution is -2.17. The number of rotatable bonds is 9. The van der Waals surface area contributed by atoms with E-state index in [-0.39, 0.29) is 11.8 Å². The van der Waals surface area contributed by atoms with E-state index in [1.807, 2.05) is 11.3 Å². The Morgan fingerprint density at radius 1 is 1.08 bits per heavy atom. The molecule has 1 heterocycles.